The Bertz CT molecular complexity index is 929. The van der Waals surface area contributed by atoms with Crippen LogP contribution in [0, 0.1) is 15.9 Å². The van der Waals surface area contributed by atoms with E-state index >= 15 is 0 Å². The number of rotatable bonds is 7. The fourth-order valence-electron chi connectivity index (χ4n) is 2.97. The molecule has 0 amide bonds. The average molecular weight is 366 g/mol. The van der Waals surface area contributed by atoms with Gasteiger partial charge in [0, 0.05) is 12.6 Å². The highest BCUT2D eigenvalue weighted by atomic mass is 19.1. The van der Waals surface area contributed by atoms with Gasteiger partial charge in [-0.25, -0.2) is 4.39 Å². The fraction of sp³-hybridized carbons (Fsp3) is 0.143. The normalized spacial score (nSPS) is 11.8. The molecule has 3 rings (SSSR count). The summed E-state index contributed by atoms with van der Waals surface area (Å²) in [6.07, 6.45) is 0. The second kappa shape index (κ2) is 8.42. The molecule has 6 heteroatoms. The zero-order valence-electron chi connectivity index (χ0n) is 14.8. The molecule has 0 saturated carbocycles. The molecule has 138 valence electrons. The van der Waals surface area contributed by atoms with Crippen molar-refractivity contribution in [1.29, 1.82) is 0 Å². The van der Waals surface area contributed by atoms with E-state index in [1.165, 1.54) is 18.2 Å². The van der Waals surface area contributed by atoms with Crippen molar-refractivity contribution in [1.82, 2.24) is 5.32 Å². The predicted molar refractivity (Wildman–Crippen MR) is 101 cm³/mol. The molecule has 0 radical (unpaired) electrons. The van der Waals surface area contributed by atoms with Crippen LogP contribution in [0.2, 0.25) is 0 Å². The summed E-state index contributed by atoms with van der Waals surface area (Å²) >= 11 is 0. The van der Waals surface area contributed by atoms with E-state index in [9.17, 15) is 14.5 Å². The van der Waals surface area contributed by atoms with Crippen LogP contribution < -0.4 is 10.1 Å². The van der Waals surface area contributed by atoms with Gasteiger partial charge < -0.3 is 10.1 Å². The van der Waals surface area contributed by atoms with E-state index in [0.29, 0.717) is 17.9 Å². The SMILES string of the molecule is COc1ccc(C(NCc2cccc(F)c2)c2ccccc2[N+](=O)[O-])cc1. The Morgan fingerprint density at radius 2 is 1.81 bits per heavy atom. The summed E-state index contributed by atoms with van der Waals surface area (Å²) in [5, 5.41) is 14.8. The molecular formula is C21H19FN2O3. The first-order chi connectivity index (χ1) is 13.1. The van der Waals surface area contributed by atoms with E-state index in [0.717, 1.165) is 11.1 Å². The third kappa shape index (κ3) is 4.48. The van der Waals surface area contributed by atoms with Crippen LogP contribution in [0.15, 0.2) is 72.8 Å². The number of methoxy groups -OCH3 is 1. The summed E-state index contributed by atoms with van der Waals surface area (Å²) < 4.78 is 18.6. The van der Waals surface area contributed by atoms with Crippen molar-refractivity contribution in [3.63, 3.8) is 0 Å². The second-order valence-electron chi connectivity index (χ2n) is 6.03. The number of para-hydroxylation sites is 1. The third-order valence-corrected chi connectivity index (χ3v) is 4.29. The van der Waals surface area contributed by atoms with E-state index in [4.69, 9.17) is 4.74 Å². The maximum absolute atomic E-state index is 13.5. The number of benzene rings is 3. The van der Waals surface area contributed by atoms with Gasteiger partial charge in [-0.3, -0.25) is 10.1 Å². The largest absolute Gasteiger partial charge is 0.497 e. The molecule has 3 aromatic rings. The Balaban J connectivity index is 1.97. The molecule has 1 unspecified atom stereocenters. The van der Waals surface area contributed by atoms with Crippen LogP contribution in [0.1, 0.15) is 22.7 Å². The number of nitro benzene ring substituents is 1. The van der Waals surface area contributed by atoms with Crippen LogP contribution in [-0.2, 0) is 6.54 Å². The molecule has 0 spiro atoms. The van der Waals surface area contributed by atoms with Gasteiger partial charge in [0.2, 0.25) is 0 Å². The number of nitrogens with zero attached hydrogens (tertiary/aromatic N) is 1. The van der Waals surface area contributed by atoms with Crippen LogP contribution in [0.4, 0.5) is 10.1 Å². The van der Waals surface area contributed by atoms with E-state index in [1.807, 2.05) is 12.1 Å². The van der Waals surface area contributed by atoms with Gasteiger partial charge in [0.15, 0.2) is 0 Å². The topological polar surface area (TPSA) is 64.4 Å². The molecule has 0 bridgehead atoms. The van der Waals surface area contributed by atoms with E-state index < -0.39 is 11.0 Å². The van der Waals surface area contributed by atoms with Crippen LogP contribution in [0.3, 0.4) is 0 Å². The van der Waals surface area contributed by atoms with Crippen molar-refractivity contribution < 1.29 is 14.1 Å². The van der Waals surface area contributed by atoms with Gasteiger partial charge in [-0.1, -0.05) is 42.5 Å². The Labute approximate surface area is 156 Å². The summed E-state index contributed by atoms with van der Waals surface area (Å²) in [7, 11) is 1.58. The standard InChI is InChI=1S/C21H19FN2O3/c1-27-18-11-9-16(10-12-18)21(19-7-2-3-8-20(19)24(25)26)23-14-15-5-4-6-17(22)13-15/h2-13,21,23H,14H2,1H3. The summed E-state index contributed by atoms with van der Waals surface area (Å²) in [5.74, 6) is 0.381. The number of halogens is 1. The highest BCUT2D eigenvalue weighted by Gasteiger charge is 2.23. The van der Waals surface area contributed by atoms with Crippen molar-refractivity contribution >= 4 is 5.69 Å². The van der Waals surface area contributed by atoms with Gasteiger partial charge in [-0.05, 0) is 35.4 Å². The summed E-state index contributed by atoms with van der Waals surface area (Å²) in [5.41, 5.74) is 2.18. The zero-order chi connectivity index (χ0) is 19.2. The number of ether oxygens (including phenoxy) is 1. The van der Waals surface area contributed by atoms with Crippen LogP contribution in [-0.4, -0.2) is 12.0 Å². The first-order valence-electron chi connectivity index (χ1n) is 8.43. The van der Waals surface area contributed by atoms with E-state index in [1.54, 1.807) is 49.6 Å². The molecule has 0 heterocycles. The fourth-order valence-corrected chi connectivity index (χ4v) is 2.97. The Hall–Kier alpha value is -3.25. The van der Waals surface area contributed by atoms with E-state index in [-0.39, 0.29) is 11.5 Å². The number of nitrogens with one attached hydrogen (secondary N) is 1. The highest BCUT2D eigenvalue weighted by Crippen LogP contribution is 2.31. The van der Waals surface area contributed by atoms with Crippen molar-refractivity contribution in [3.8, 4) is 5.75 Å². The third-order valence-electron chi connectivity index (χ3n) is 4.29. The van der Waals surface area contributed by atoms with Gasteiger partial charge in [0.1, 0.15) is 11.6 Å². The van der Waals surface area contributed by atoms with Gasteiger partial charge in [-0.15, -0.1) is 0 Å². The maximum Gasteiger partial charge on any atom is 0.274 e. The number of nitro groups is 1. The molecular weight excluding hydrogens is 347 g/mol. The predicted octanol–water partition coefficient (Wildman–Crippen LogP) is 4.62. The molecule has 1 atom stereocenters. The van der Waals surface area contributed by atoms with E-state index in [2.05, 4.69) is 5.32 Å². The molecule has 1 N–H and O–H groups in total. The van der Waals surface area contributed by atoms with Gasteiger partial charge >= 0.3 is 0 Å². The van der Waals surface area contributed by atoms with Crippen molar-refractivity contribution in [2.45, 2.75) is 12.6 Å². The minimum atomic E-state index is -0.430. The van der Waals surface area contributed by atoms with Gasteiger partial charge in [-0.2, -0.15) is 0 Å². The number of hydrogen-bond donors (Lipinski definition) is 1. The summed E-state index contributed by atoms with van der Waals surface area (Å²) in [6.45, 7) is 0.362. The minimum absolute atomic E-state index is 0.0325. The van der Waals surface area contributed by atoms with Crippen LogP contribution >= 0.6 is 0 Å². The number of hydrogen-bond acceptors (Lipinski definition) is 4. The van der Waals surface area contributed by atoms with Crippen LogP contribution in [0.25, 0.3) is 0 Å². The summed E-state index contributed by atoms with van der Waals surface area (Å²) in [4.78, 5) is 11.1. The Morgan fingerprint density at radius 1 is 1.07 bits per heavy atom. The monoisotopic (exact) mass is 366 g/mol. The van der Waals surface area contributed by atoms with Crippen molar-refractivity contribution in [3.05, 3.63) is 105 Å². The van der Waals surface area contributed by atoms with Crippen molar-refractivity contribution in [2.24, 2.45) is 0 Å². The molecule has 5 nitrogen and oxygen atoms in total. The maximum atomic E-state index is 13.5. The smallest absolute Gasteiger partial charge is 0.274 e. The molecule has 27 heavy (non-hydrogen) atoms. The Kier molecular flexibility index (Phi) is 5.78. The Morgan fingerprint density at radius 3 is 2.48 bits per heavy atom. The molecule has 0 saturated heterocycles. The first kappa shape index (κ1) is 18.5. The minimum Gasteiger partial charge on any atom is -0.497 e. The molecule has 3 aromatic carbocycles. The quantitative estimate of drug-likeness (QED) is 0.489. The average Bonchev–Trinajstić information content (AvgIpc) is 2.69. The van der Waals surface area contributed by atoms with Gasteiger partial charge in [0.25, 0.3) is 5.69 Å². The molecule has 0 aliphatic carbocycles. The molecule has 0 aromatic heterocycles. The van der Waals surface area contributed by atoms with Crippen LogP contribution in [0.5, 0.6) is 5.75 Å². The molecule has 0 fully saturated rings. The summed E-state index contributed by atoms with van der Waals surface area (Å²) in [6, 6.07) is 19.8. The first-order valence-corrected chi connectivity index (χ1v) is 8.43. The second-order valence-corrected chi connectivity index (χ2v) is 6.03. The van der Waals surface area contributed by atoms with Gasteiger partial charge in [0.05, 0.1) is 23.6 Å². The lowest BCUT2D eigenvalue weighted by Crippen LogP contribution is -2.23. The van der Waals surface area contributed by atoms with Crippen molar-refractivity contribution in [2.75, 3.05) is 7.11 Å². The zero-order valence-corrected chi connectivity index (χ0v) is 14.8. The lowest BCUT2D eigenvalue weighted by Gasteiger charge is -2.20. The molecule has 0 aliphatic heterocycles. The lowest BCUT2D eigenvalue weighted by molar-refractivity contribution is -0.385. The molecule has 0 aliphatic rings. The highest BCUT2D eigenvalue weighted by molar-refractivity contribution is 5.47. The lowest BCUT2D eigenvalue weighted by atomic mass is 9.96.